The van der Waals surface area contributed by atoms with Crippen LogP contribution in [0.15, 0.2) is 24.3 Å². The molecule has 0 saturated carbocycles. The Morgan fingerprint density at radius 3 is 3.08 bits per heavy atom. The second-order valence-corrected chi connectivity index (χ2v) is 3.21. The minimum absolute atomic E-state index is 0.224. The average molecular weight is 173 g/mol. The number of rotatable bonds is 1. The van der Waals surface area contributed by atoms with Gasteiger partial charge in [0.05, 0.1) is 12.7 Å². The highest BCUT2D eigenvalue weighted by atomic mass is 16.5. The van der Waals surface area contributed by atoms with Gasteiger partial charge in [-0.2, -0.15) is 0 Å². The largest absolute Gasteiger partial charge is 0.374 e. The second-order valence-electron chi connectivity index (χ2n) is 3.21. The molecule has 0 spiro atoms. The lowest BCUT2D eigenvalue weighted by Gasteiger charge is -2.09. The molecule has 2 nitrogen and oxygen atoms in total. The van der Waals surface area contributed by atoms with Crippen molar-refractivity contribution >= 4 is 5.69 Å². The van der Waals surface area contributed by atoms with Gasteiger partial charge in [-0.3, -0.25) is 0 Å². The van der Waals surface area contributed by atoms with Crippen LogP contribution in [0.4, 0.5) is 5.69 Å². The summed E-state index contributed by atoms with van der Waals surface area (Å²) in [5.74, 6) is 0. The zero-order valence-electron chi connectivity index (χ0n) is 7.36. The Kier molecular flexibility index (Phi) is 2.29. The van der Waals surface area contributed by atoms with E-state index in [1.54, 1.807) is 0 Å². The minimum atomic E-state index is 0.224. The zero-order chi connectivity index (χ0) is 9.10. The SMILES string of the molecule is [C-]#[N+]c1cccc(C2CCCO2)c1. The van der Waals surface area contributed by atoms with Crippen molar-refractivity contribution in [2.45, 2.75) is 18.9 Å². The van der Waals surface area contributed by atoms with Crippen LogP contribution in [0, 0.1) is 6.57 Å². The molecule has 13 heavy (non-hydrogen) atoms. The molecule has 2 heteroatoms. The van der Waals surface area contributed by atoms with Gasteiger partial charge < -0.3 is 4.74 Å². The quantitative estimate of drug-likeness (QED) is 0.595. The molecule has 66 valence electrons. The van der Waals surface area contributed by atoms with Crippen molar-refractivity contribution < 1.29 is 4.74 Å². The number of hydrogen-bond acceptors (Lipinski definition) is 1. The van der Waals surface area contributed by atoms with E-state index in [-0.39, 0.29) is 6.10 Å². The van der Waals surface area contributed by atoms with Gasteiger partial charge >= 0.3 is 0 Å². The van der Waals surface area contributed by atoms with Crippen LogP contribution in [0.1, 0.15) is 24.5 Å². The molecular weight excluding hydrogens is 162 g/mol. The van der Waals surface area contributed by atoms with Gasteiger partial charge in [0.2, 0.25) is 0 Å². The normalized spacial score (nSPS) is 21.3. The molecule has 0 bridgehead atoms. The Morgan fingerprint density at radius 2 is 2.38 bits per heavy atom. The predicted octanol–water partition coefficient (Wildman–Crippen LogP) is 3.09. The van der Waals surface area contributed by atoms with Crippen LogP contribution in [-0.2, 0) is 4.74 Å². The fourth-order valence-corrected chi connectivity index (χ4v) is 1.64. The molecule has 0 radical (unpaired) electrons. The summed E-state index contributed by atoms with van der Waals surface area (Å²) in [5.41, 5.74) is 1.85. The van der Waals surface area contributed by atoms with Crippen LogP contribution in [0.25, 0.3) is 4.85 Å². The monoisotopic (exact) mass is 173 g/mol. The molecule has 2 rings (SSSR count). The van der Waals surface area contributed by atoms with Crippen molar-refractivity contribution in [3.05, 3.63) is 41.2 Å². The molecule has 1 aliphatic heterocycles. The van der Waals surface area contributed by atoms with Gasteiger partial charge in [-0.25, -0.2) is 4.85 Å². The molecule has 0 aromatic heterocycles. The molecule has 0 N–H and O–H groups in total. The Balaban J connectivity index is 2.25. The van der Waals surface area contributed by atoms with Gasteiger partial charge in [-0.1, -0.05) is 24.3 Å². The van der Waals surface area contributed by atoms with E-state index in [0.717, 1.165) is 25.0 Å². The summed E-state index contributed by atoms with van der Waals surface area (Å²) < 4.78 is 5.54. The van der Waals surface area contributed by atoms with Crippen molar-refractivity contribution in [2.24, 2.45) is 0 Å². The number of benzene rings is 1. The molecule has 1 atom stereocenters. The lowest BCUT2D eigenvalue weighted by Crippen LogP contribution is -1.94. The van der Waals surface area contributed by atoms with E-state index in [9.17, 15) is 0 Å². The molecule has 1 fully saturated rings. The van der Waals surface area contributed by atoms with Crippen molar-refractivity contribution in [2.75, 3.05) is 6.61 Å². The Morgan fingerprint density at radius 1 is 1.46 bits per heavy atom. The highest BCUT2D eigenvalue weighted by Crippen LogP contribution is 2.30. The number of hydrogen-bond donors (Lipinski definition) is 0. The predicted molar refractivity (Wildman–Crippen MR) is 50.6 cm³/mol. The first-order valence-corrected chi connectivity index (χ1v) is 4.49. The van der Waals surface area contributed by atoms with Crippen LogP contribution in [0.2, 0.25) is 0 Å². The summed E-state index contributed by atoms with van der Waals surface area (Å²) in [4.78, 5) is 3.40. The van der Waals surface area contributed by atoms with Crippen molar-refractivity contribution in [1.29, 1.82) is 0 Å². The van der Waals surface area contributed by atoms with Crippen LogP contribution >= 0.6 is 0 Å². The highest BCUT2D eigenvalue weighted by Gasteiger charge is 2.17. The van der Waals surface area contributed by atoms with Gasteiger partial charge in [-0.05, 0) is 18.4 Å². The third-order valence-electron chi connectivity index (χ3n) is 2.30. The van der Waals surface area contributed by atoms with Crippen LogP contribution in [-0.4, -0.2) is 6.61 Å². The van der Waals surface area contributed by atoms with E-state index >= 15 is 0 Å². The third-order valence-corrected chi connectivity index (χ3v) is 2.30. The van der Waals surface area contributed by atoms with E-state index in [2.05, 4.69) is 4.85 Å². The summed E-state index contributed by atoms with van der Waals surface area (Å²) in [5, 5.41) is 0. The van der Waals surface area contributed by atoms with Crippen molar-refractivity contribution in [3.8, 4) is 0 Å². The number of nitrogens with zero attached hydrogens (tertiary/aromatic N) is 1. The van der Waals surface area contributed by atoms with E-state index in [1.807, 2.05) is 24.3 Å². The number of ether oxygens (including phenoxy) is 1. The van der Waals surface area contributed by atoms with Crippen LogP contribution < -0.4 is 0 Å². The first-order chi connectivity index (χ1) is 6.40. The summed E-state index contributed by atoms with van der Waals surface area (Å²) in [6.07, 6.45) is 2.44. The maximum absolute atomic E-state index is 6.90. The minimum Gasteiger partial charge on any atom is -0.374 e. The van der Waals surface area contributed by atoms with Crippen molar-refractivity contribution in [1.82, 2.24) is 0 Å². The molecule has 1 unspecified atom stereocenters. The summed E-state index contributed by atoms with van der Waals surface area (Å²) >= 11 is 0. The Labute approximate surface area is 78.0 Å². The molecular formula is C11H11NO. The lowest BCUT2D eigenvalue weighted by atomic mass is 10.1. The summed E-state index contributed by atoms with van der Waals surface area (Å²) in [7, 11) is 0. The maximum Gasteiger partial charge on any atom is 0.187 e. The van der Waals surface area contributed by atoms with Gasteiger partial charge in [0.25, 0.3) is 0 Å². The van der Waals surface area contributed by atoms with E-state index in [0.29, 0.717) is 5.69 Å². The average Bonchev–Trinajstić information content (AvgIpc) is 2.71. The van der Waals surface area contributed by atoms with Gasteiger partial charge in [-0.15, -0.1) is 0 Å². The van der Waals surface area contributed by atoms with Crippen molar-refractivity contribution in [3.63, 3.8) is 0 Å². The molecule has 0 amide bonds. The summed E-state index contributed by atoms with van der Waals surface area (Å²) in [6, 6.07) is 7.70. The zero-order valence-corrected chi connectivity index (χ0v) is 7.36. The third kappa shape index (κ3) is 1.71. The first-order valence-electron chi connectivity index (χ1n) is 4.49. The molecule has 0 aliphatic carbocycles. The highest BCUT2D eigenvalue weighted by molar-refractivity contribution is 5.47. The second kappa shape index (κ2) is 3.59. The van der Waals surface area contributed by atoms with E-state index < -0.39 is 0 Å². The van der Waals surface area contributed by atoms with Gasteiger partial charge in [0.1, 0.15) is 0 Å². The fraction of sp³-hybridized carbons (Fsp3) is 0.364. The Hall–Kier alpha value is -1.33. The van der Waals surface area contributed by atoms with Crippen LogP contribution in [0.5, 0.6) is 0 Å². The van der Waals surface area contributed by atoms with Gasteiger partial charge in [0.15, 0.2) is 5.69 Å². The topological polar surface area (TPSA) is 13.6 Å². The van der Waals surface area contributed by atoms with Crippen LogP contribution in [0.3, 0.4) is 0 Å². The van der Waals surface area contributed by atoms with E-state index in [1.165, 1.54) is 0 Å². The molecule has 1 heterocycles. The maximum atomic E-state index is 6.90. The fourth-order valence-electron chi connectivity index (χ4n) is 1.64. The molecule has 1 aromatic rings. The molecule has 1 aliphatic rings. The standard InChI is InChI=1S/C11H11NO/c1-12-10-5-2-4-9(8-10)11-6-3-7-13-11/h2,4-5,8,11H,3,6-7H2. The first kappa shape index (κ1) is 8.28. The van der Waals surface area contributed by atoms with E-state index in [4.69, 9.17) is 11.3 Å². The Bertz CT molecular complexity index is 334. The summed E-state index contributed by atoms with van der Waals surface area (Å²) in [6.45, 7) is 7.75. The smallest absolute Gasteiger partial charge is 0.187 e. The lowest BCUT2D eigenvalue weighted by molar-refractivity contribution is 0.112. The molecule has 1 saturated heterocycles. The molecule has 1 aromatic carbocycles. The van der Waals surface area contributed by atoms with Gasteiger partial charge in [0, 0.05) is 6.61 Å².